The van der Waals surface area contributed by atoms with Crippen LogP contribution in [0.4, 0.5) is 0 Å². The molecule has 0 aromatic carbocycles. The van der Waals surface area contributed by atoms with Crippen molar-refractivity contribution in [1.29, 1.82) is 0 Å². The molecule has 0 heterocycles. The summed E-state index contributed by atoms with van der Waals surface area (Å²) in [5.74, 6) is 0. The molecule has 0 aromatic heterocycles. The first-order valence-corrected chi connectivity index (χ1v) is 5.97. The lowest BCUT2D eigenvalue weighted by molar-refractivity contribution is 0.297. The van der Waals surface area contributed by atoms with Gasteiger partial charge >= 0.3 is 0 Å². The summed E-state index contributed by atoms with van der Waals surface area (Å²) in [7, 11) is 0. The van der Waals surface area contributed by atoms with E-state index in [2.05, 4.69) is 34.6 Å². The Kier molecular flexibility index (Phi) is 3.55. The van der Waals surface area contributed by atoms with Crippen molar-refractivity contribution in [3.05, 3.63) is 0 Å². The van der Waals surface area contributed by atoms with Gasteiger partial charge in [0.25, 0.3) is 0 Å². The van der Waals surface area contributed by atoms with E-state index in [-0.39, 0.29) is 14.9 Å². The Morgan fingerprint density at radius 2 is 1.08 bits per heavy atom. The largest absolute Gasteiger partial charge is 0.616 e. The van der Waals surface area contributed by atoms with Gasteiger partial charge in [-0.25, -0.2) is 0 Å². The van der Waals surface area contributed by atoms with Crippen LogP contribution in [0.2, 0.25) is 0 Å². The predicted molar refractivity (Wildman–Crippen MR) is 61.4 cm³/mol. The van der Waals surface area contributed by atoms with E-state index in [1.807, 2.05) is 20.8 Å². The third-order valence-corrected chi connectivity index (χ3v) is 5.48. The summed E-state index contributed by atoms with van der Waals surface area (Å²) in [6.45, 7) is 16.7. The average Bonchev–Trinajstić information content (AvgIpc) is 1.81. The van der Waals surface area contributed by atoms with Crippen LogP contribution >= 0.6 is 0 Å². The second-order valence-corrected chi connectivity index (χ2v) is 8.92. The minimum Gasteiger partial charge on any atom is -0.616 e. The van der Waals surface area contributed by atoms with Gasteiger partial charge in [-0.2, -0.15) is 0 Å². The lowest BCUT2D eigenvalue weighted by Gasteiger charge is -2.44. The van der Waals surface area contributed by atoms with E-state index in [0.717, 1.165) is 0 Å². The average molecular weight is 204 g/mol. The number of hydrogen-bond acceptors (Lipinski definition) is 1. The van der Waals surface area contributed by atoms with Crippen molar-refractivity contribution in [2.75, 3.05) is 0 Å². The third kappa shape index (κ3) is 2.88. The molecule has 0 spiro atoms. The van der Waals surface area contributed by atoms with Crippen LogP contribution in [0.1, 0.15) is 55.4 Å². The van der Waals surface area contributed by atoms with Gasteiger partial charge in [0.1, 0.15) is 9.49 Å². The van der Waals surface area contributed by atoms with Crippen molar-refractivity contribution in [2.45, 2.75) is 64.9 Å². The second kappa shape index (κ2) is 3.47. The fraction of sp³-hybridized carbons (Fsp3) is 1.00. The molecule has 0 saturated carbocycles. The van der Waals surface area contributed by atoms with Crippen LogP contribution in [0, 0.1) is 5.41 Å². The molecule has 0 fully saturated rings. The molecule has 0 aliphatic heterocycles. The maximum Gasteiger partial charge on any atom is 0.125 e. The highest BCUT2D eigenvalue weighted by Crippen LogP contribution is 2.41. The first-order valence-electron chi connectivity index (χ1n) is 4.82. The minimum absolute atomic E-state index is 0.0745. The van der Waals surface area contributed by atoms with Crippen LogP contribution in [0.25, 0.3) is 0 Å². The van der Waals surface area contributed by atoms with Crippen molar-refractivity contribution in [2.24, 2.45) is 5.41 Å². The molecule has 1 nitrogen and oxygen atoms in total. The minimum atomic E-state index is -0.817. The molecule has 13 heavy (non-hydrogen) atoms. The molecule has 0 amide bonds. The molecular formula is C11H24OS. The molecule has 2 heteroatoms. The van der Waals surface area contributed by atoms with Crippen molar-refractivity contribution >= 4 is 11.2 Å². The number of rotatable bonds is 1. The SMILES string of the molecule is CC(C)(C)[S+]([O-])C(C)(C)C(C)(C)C. The topological polar surface area (TPSA) is 23.1 Å². The van der Waals surface area contributed by atoms with Gasteiger partial charge in [0.15, 0.2) is 0 Å². The van der Waals surface area contributed by atoms with Gasteiger partial charge in [0.2, 0.25) is 0 Å². The maximum absolute atomic E-state index is 12.2. The molecule has 0 radical (unpaired) electrons. The molecule has 0 rings (SSSR count). The van der Waals surface area contributed by atoms with Crippen LogP contribution in [-0.2, 0) is 11.2 Å². The standard InChI is InChI=1S/C11H24OS/c1-9(2,3)11(7,8)13(12)10(4,5)6/h1-8H3. The highest BCUT2D eigenvalue weighted by atomic mass is 32.2. The zero-order valence-electron chi connectivity index (χ0n) is 10.3. The summed E-state index contributed by atoms with van der Waals surface area (Å²) in [6, 6.07) is 0. The fourth-order valence-electron chi connectivity index (χ4n) is 1.04. The first-order chi connectivity index (χ1) is 5.40. The normalized spacial score (nSPS) is 17.3. The number of hydrogen-bond donors (Lipinski definition) is 0. The molecule has 0 aliphatic rings. The van der Waals surface area contributed by atoms with Gasteiger partial charge in [0.05, 0.1) is 0 Å². The zero-order chi connectivity index (χ0) is 11.1. The molecule has 1 unspecified atom stereocenters. The smallest absolute Gasteiger partial charge is 0.125 e. The van der Waals surface area contributed by atoms with Crippen molar-refractivity contribution in [1.82, 2.24) is 0 Å². The molecule has 0 N–H and O–H groups in total. The van der Waals surface area contributed by atoms with E-state index >= 15 is 0 Å². The molecule has 0 aliphatic carbocycles. The van der Waals surface area contributed by atoms with E-state index in [4.69, 9.17) is 0 Å². The van der Waals surface area contributed by atoms with E-state index in [0.29, 0.717) is 0 Å². The van der Waals surface area contributed by atoms with Gasteiger partial charge in [-0.15, -0.1) is 0 Å². The summed E-state index contributed by atoms with van der Waals surface area (Å²) in [6.07, 6.45) is 0. The van der Waals surface area contributed by atoms with Gasteiger partial charge in [0, 0.05) is 5.41 Å². The zero-order valence-corrected chi connectivity index (χ0v) is 11.1. The Hall–Kier alpha value is 0.310. The monoisotopic (exact) mass is 204 g/mol. The van der Waals surface area contributed by atoms with Crippen LogP contribution in [-0.4, -0.2) is 14.0 Å². The Labute approximate surface area is 86.5 Å². The quantitative estimate of drug-likeness (QED) is 0.601. The van der Waals surface area contributed by atoms with Crippen molar-refractivity contribution in [3.63, 3.8) is 0 Å². The van der Waals surface area contributed by atoms with Gasteiger partial charge in [-0.05, 0) is 45.8 Å². The Bertz CT molecular complexity index is 172. The molecular weight excluding hydrogens is 180 g/mol. The van der Waals surface area contributed by atoms with E-state index in [1.165, 1.54) is 0 Å². The van der Waals surface area contributed by atoms with E-state index in [9.17, 15) is 4.55 Å². The summed E-state index contributed by atoms with van der Waals surface area (Å²) >= 11 is -0.817. The second-order valence-electron chi connectivity index (χ2n) is 6.14. The molecule has 0 saturated heterocycles. The summed E-state index contributed by atoms with van der Waals surface area (Å²) < 4.78 is 12.0. The van der Waals surface area contributed by atoms with Crippen molar-refractivity contribution in [3.8, 4) is 0 Å². The summed E-state index contributed by atoms with van der Waals surface area (Å²) in [4.78, 5) is 0. The van der Waals surface area contributed by atoms with Crippen LogP contribution < -0.4 is 0 Å². The highest BCUT2D eigenvalue weighted by molar-refractivity contribution is 7.94. The van der Waals surface area contributed by atoms with Crippen LogP contribution in [0.3, 0.4) is 0 Å². The predicted octanol–water partition coefficient (Wildman–Crippen LogP) is 3.36. The first kappa shape index (κ1) is 13.3. The molecule has 0 aromatic rings. The maximum atomic E-state index is 12.2. The lowest BCUT2D eigenvalue weighted by Crippen LogP contribution is -2.51. The Morgan fingerprint density at radius 3 is 1.15 bits per heavy atom. The van der Waals surface area contributed by atoms with Gasteiger partial charge in [-0.1, -0.05) is 20.8 Å². The molecule has 1 atom stereocenters. The molecule has 0 bridgehead atoms. The molecule has 80 valence electrons. The Balaban J connectivity index is 4.86. The summed E-state index contributed by atoms with van der Waals surface area (Å²) in [5.41, 5.74) is 0.0745. The third-order valence-electron chi connectivity index (χ3n) is 2.83. The fourth-order valence-corrected chi connectivity index (χ4v) is 3.13. The Morgan fingerprint density at radius 1 is 0.769 bits per heavy atom. The van der Waals surface area contributed by atoms with Crippen molar-refractivity contribution < 1.29 is 4.55 Å². The lowest BCUT2D eigenvalue weighted by atomic mass is 9.82. The van der Waals surface area contributed by atoms with Gasteiger partial charge < -0.3 is 4.55 Å². The summed E-state index contributed by atoms with van der Waals surface area (Å²) in [5, 5.41) is 0. The van der Waals surface area contributed by atoms with Gasteiger partial charge in [-0.3, -0.25) is 0 Å². The van der Waals surface area contributed by atoms with E-state index < -0.39 is 11.2 Å². The van der Waals surface area contributed by atoms with Crippen LogP contribution in [0.15, 0.2) is 0 Å². The highest BCUT2D eigenvalue weighted by Gasteiger charge is 2.48. The van der Waals surface area contributed by atoms with Crippen LogP contribution in [0.5, 0.6) is 0 Å². The van der Waals surface area contributed by atoms with E-state index in [1.54, 1.807) is 0 Å².